The van der Waals surface area contributed by atoms with Gasteiger partial charge in [0.05, 0.1) is 11.3 Å². The van der Waals surface area contributed by atoms with Crippen LogP contribution in [0.15, 0.2) is 91.0 Å². The van der Waals surface area contributed by atoms with Crippen molar-refractivity contribution in [1.82, 2.24) is 0 Å². The van der Waals surface area contributed by atoms with Gasteiger partial charge in [0.1, 0.15) is 5.82 Å². The summed E-state index contributed by atoms with van der Waals surface area (Å²) in [6, 6.07) is 25.5. The molecule has 0 aliphatic heterocycles. The highest BCUT2D eigenvalue weighted by Crippen LogP contribution is 2.25. The van der Waals surface area contributed by atoms with Crippen LogP contribution in [0.4, 0.5) is 15.8 Å². The molecule has 4 rings (SSSR count). The van der Waals surface area contributed by atoms with E-state index in [9.17, 15) is 14.0 Å². The number of amides is 2. The van der Waals surface area contributed by atoms with Crippen molar-refractivity contribution < 1.29 is 14.0 Å². The molecule has 0 unspecified atom stereocenters. The third-order valence-electron chi connectivity index (χ3n) is 4.54. The summed E-state index contributed by atoms with van der Waals surface area (Å²) in [6.45, 7) is 0. The second kappa shape index (κ2) is 7.94. The summed E-state index contributed by atoms with van der Waals surface area (Å²) in [4.78, 5) is 25.4. The minimum atomic E-state index is -0.500. The third kappa shape index (κ3) is 3.99. The minimum Gasteiger partial charge on any atom is -0.321 e. The Balaban J connectivity index is 1.60. The number of para-hydroxylation sites is 1. The van der Waals surface area contributed by atoms with Crippen LogP contribution in [0.5, 0.6) is 0 Å². The molecule has 0 bridgehead atoms. The van der Waals surface area contributed by atoms with Gasteiger partial charge in [0.2, 0.25) is 0 Å². The molecule has 29 heavy (non-hydrogen) atoms. The van der Waals surface area contributed by atoms with Gasteiger partial charge >= 0.3 is 0 Å². The Labute approximate surface area is 167 Å². The van der Waals surface area contributed by atoms with Gasteiger partial charge in [-0.05, 0) is 41.8 Å². The van der Waals surface area contributed by atoms with Crippen LogP contribution in [0, 0.1) is 5.82 Å². The molecule has 4 nitrogen and oxygen atoms in total. The predicted molar refractivity (Wildman–Crippen MR) is 113 cm³/mol. The number of hydrogen-bond acceptors (Lipinski definition) is 2. The fraction of sp³-hybridized carbons (Fsp3) is 0. The molecule has 0 radical (unpaired) electrons. The van der Waals surface area contributed by atoms with E-state index in [-0.39, 0.29) is 11.5 Å². The van der Waals surface area contributed by atoms with Crippen molar-refractivity contribution in [2.45, 2.75) is 0 Å². The number of benzene rings is 4. The largest absolute Gasteiger partial charge is 0.321 e. The molecule has 2 amide bonds. The monoisotopic (exact) mass is 384 g/mol. The first-order chi connectivity index (χ1) is 14.1. The summed E-state index contributed by atoms with van der Waals surface area (Å²) in [5.74, 6) is -1.34. The van der Waals surface area contributed by atoms with Gasteiger partial charge in [0.15, 0.2) is 0 Å². The van der Waals surface area contributed by atoms with E-state index in [2.05, 4.69) is 10.6 Å². The van der Waals surface area contributed by atoms with Crippen LogP contribution in [-0.4, -0.2) is 11.8 Å². The van der Waals surface area contributed by atoms with E-state index < -0.39 is 11.7 Å². The SMILES string of the molecule is O=C(Nc1ccccc1C(=O)Nc1cccc2ccccc12)c1cccc(F)c1. The first kappa shape index (κ1) is 18.4. The Bertz CT molecular complexity index is 1210. The van der Waals surface area contributed by atoms with E-state index in [0.29, 0.717) is 16.9 Å². The van der Waals surface area contributed by atoms with Crippen LogP contribution >= 0.6 is 0 Å². The number of hydrogen-bond donors (Lipinski definition) is 2. The Hall–Kier alpha value is -3.99. The van der Waals surface area contributed by atoms with Gasteiger partial charge in [-0.25, -0.2) is 4.39 Å². The van der Waals surface area contributed by atoms with E-state index in [0.717, 1.165) is 16.8 Å². The number of carbonyl (C=O) groups excluding carboxylic acids is 2. The molecular formula is C24H17FN2O2. The number of carbonyl (C=O) groups is 2. The third-order valence-corrected chi connectivity index (χ3v) is 4.54. The second-order valence-electron chi connectivity index (χ2n) is 6.49. The van der Waals surface area contributed by atoms with E-state index in [4.69, 9.17) is 0 Å². The van der Waals surface area contributed by atoms with E-state index in [1.807, 2.05) is 42.5 Å². The van der Waals surface area contributed by atoms with E-state index in [1.54, 1.807) is 24.3 Å². The first-order valence-corrected chi connectivity index (χ1v) is 9.07. The lowest BCUT2D eigenvalue weighted by molar-refractivity contribution is 0.102. The fourth-order valence-electron chi connectivity index (χ4n) is 3.14. The van der Waals surface area contributed by atoms with Crippen LogP contribution in [0.1, 0.15) is 20.7 Å². The summed E-state index contributed by atoms with van der Waals surface area (Å²) in [5, 5.41) is 7.54. The van der Waals surface area contributed by atoms with E-state index >= 15 is 0 Å². The van der Waals surface area contributed by atoms with Crippen molar-refractivity contribution in [2.75, 3.05) is 10.6 Å². The second-order valence-corrected chi connectivity index (χ2v) is 6.49. The minimum absolute atomic E-state index is 0.175. The van der Waals surface area contributed by atoms with Crippen LogP contribution in [0.3, 0.4) is 0 Å². The highest BCUT2D eigenvalue weighted by molar-refractivity contribution is 6.14. The van der Waals surface area contributed by atoms with Gasteiger partial charge < -0.3 is 10.6 Å². The molecule has 2 N–H and O–H groups in total. The molecule has 0 aliphatic rings. The van der Waals surface area contributed by atoms with Crippen molar-refractivity contribution in [3.63, 3.8) is 0 Å². The molecule has 0 heterocycles. The zero-order valence-corrected chi connectivity index (χ0v) is 15.4. The zero-order chi connectivity index (χ0) is 20.2. The zero-order valence-electron chi connectivity index (χ0n) is 15.4. The maximum absolute atomic E-state index is 13.4. The molecule has 0 saturated heterocycles. The molecule has 0 aliphatic carbocycles. The Morgan fingerprint density at radius 3 is 2.17 bits per heavy atom. The van der Waals surface area contributed by atoms with Crippen molar-refractivity contribution in [3.05, 3.63) is 108 Å². The summed E-state index contributed by atoms with van der Waals surface area (Å²) in [5.41, 5.74) is 1.51. The summed E-state index contributed by atoms with van der Waals surface area (Å²) < 4.78 is 13.4. The lowest BCUT2D eigenvalue weighted by Crippen LogP contribution is -2.18. The average Bonchev–Trinajstić information content (AvgIpc) is 2.74. The standard InChI is InChI=1S/C24H17FN2O2/c25-18-10-5-9-17(15-18)23(28)26-22-13-4-3-12-20(22)24(29)27-21-14-6-8-16-7-1-2-11-19(16)21/h1-15H,(H,26,28)(H,27,29). The Morgan fingerprint density at radius 1 is 0.655 bits per heavy atom. The number of fused-ring (bicyclic) bond motifs is 1. The van der Waals surface area contributed by atoms with Gasteiger partial charge in [-0.2, -0.15) is 0 Å². The molecule has 0 spiro atoms. The van der Waals surface area contributed by atoms with Crippen LogP contribution < -0.4 is 10.6 Å². The summed E-state index contributed by atoms with van der Waals surface area (Å²) >= 11 is 0. The average molecular weight is 384 g/mol. The molecule has 0 fully saturated rings. The predicted octanol–water partition coefficient (Wildman–Crippen LogP) is 5.48. The van der Waals surface area contributed by atoms with E-state index in [1.165, 1.54) is 18.2 Å². The molecule has 0 saturated carbocycles. The number of rotatable bonds is 4. The van der Waals surface area contributed by atoms with Gasteiger partial charge in [0, 0.05) is 16.6 Å². The Kier molecular flexibility index (Phi) is 5.03. The summed E-state index contributed by atoms with van der Waals surface area (Å²) in [6.07, 6.45) is 0. The molecule has 4 aromatic carbocycles. The Morgan fingerprint density at radius 2 is 1.31 bits per heavy atom. The topological polar surface area (TPSA) is 58.2 Å². The highest BCUT2D eigenvalue weighted by Gasteiger charge is 2.15. The fourth-order valence-corrected chi connectivity index (χ4v) is 3.14. The van der Waals surface area contributed by atoms with Gasteiger partial charge in [0.25, 0.3) is 11.8 Å². The lowest BCUT2D eigenvalue weighted by atomic mass is 10.1. The molecule has 142 valence electrons. The van der Waals surface area contributed by atoms with Gasteiger partial charge in [-0.1, -0.05) is 54.6 Å². The van der Waals surface area contributed by atoms with Crippen molar-refractivity contribution in [3.8, 4) is 0 Å². The highest BCUT2D eigenvalue weighted by atomic mass is 19.1. The number of anilines is 2. The normalized spacial score (nSPS) is 10.5. The van der Waals surface area contributed by atoms with Crippen molar-refractivity contribution in [1.29, 1.82) is 0 Å². The van der Waals surface area contributed by atoms with Crippen molar-refractivity contribution >= 4 is 34.0 Å². The van der Waals surface area contributed by atoms with Crippen molar-refractivity contribution in [2.24, 2.45) is 0 Å². The molecule has 5 heteroatoms. The number of halogens is 1. The maximum atomic E-state index is 13.4. The molecule has 0 aromatic heterocycles. The van der Waals surface area contributed by atoms with Crippen LogP contribution in [0.2, 0.25) is 0 Å². The van der Waals surface area contributed by atoms with Gasteiger partial charge in [-0.15, -0.1) is 0 Å². The summed E-state index contributed by atoms with van der Waals surface area (Å²) in [7, 11) is 0. The van der Waals surface area contributed by atoms with Crippen LogP contribution in [0.25, 0.3) is 10.8 Å². The first-order valence-electron chi connectivity index (χ1n) is 9.07. The maximum Gasteiger partial charge on any atom is 0.257 e. The molecular weight excluding hydrogens is 367 g/mol. The lowest BCUT2D eigenvalue weighted by Gasteiger charge is -2.13. The smallest absolute Gasteiger partial charge is 0.257 e. The van der Waals surface area contributed by atoms with Gasteiger partial charge in [-0.3, -0.25) is 9.59 Å². The number of nitrogens with one attached hydrogen (secondary N) is 2. The van der Waals surface area contributed by atoms with Crippen LogP contribution in [-0.2, 0) is 0 Å². The quantitative estimate of drug-likeness (QED) is 0.489. The molecule has 0 atom stereocenters. The molecule has 4 aromatic rings.